The smallest absolute Gasteiger partial charge is 0.338 e. The zero-order valence-corrected chi connectivity index (χ0v) is 18.3. The Balaban J connectivity index is 1.90. The van der Waals surface area contributed by atoms with Crippen molar-refractivity contribution >= 4 is 23.5 Å². The van der Waals surface area contributed by atoms with Gasteiger partial charge in [-0.1, -0.05) is 73.1 Å². The molecular weight excluding hydrogens is 410 g/mol. The van der Waals surface area contributed by atoms with E-state index in [4.69, 9.17) is 26.1 Å². The molecule has 1 aliphatic rings. The van der Waals surface area contributed by atoms with Crippen LogP contribution in [0.1, 0.15) is 35.3 Å². The molecule has 0 saturated carbocycles. The summed E-state index contributed by atoms with van der Waals surface area (Å²) in [6.07, 6.45) is 0.467. The maximum absolute atomic E-state index is 13.3. The molecule has 0 aliphatic carbocycles. The van der Waals surface area contributed by atoms with Crippen LogP contribution in [0.15, 0.2) is 83.9 Å². The highest BCUT2D eigenvalue weighted by Gasteiger charge is 2.54. The third-order valence-corrected chi connectivity index (χ3v) is 5.84. The van der Waals surface area contributed by atoms with Gasteiger partial charge in [0.2, 0.25) is 11.4 Å². The molecule has 1 aliphatic heterocycles. The second-order valence-corrected chi connectivity index (χ2v) is 7.99. The van der Waals surface area contributed by atoms with Crippen molar-refractivity contribution in [3.8, 4) is 0 Å². The molecule has 0 unspecified atom stereocenters. The highest BCUT2D eigenvalue weighted by atomic mass is 35.5. The summed E-state index contributed by atoms with van der Waals surface area (Å²) in [5, 5.41) is 0.648. The molecule has 158 valence electrons. The van der Waals surface area contributed by atoms with Crippen LogP contribution < -0.4 is 0 Å². The maximum Gasteiger partial charge on any atom is 0.338 e. The van der Waals surface area contributed by atoms with Gasteiger partial charge in [0.05, 0.1) is 7.11 Å². The van der Waals surface area contributed by atoms with Crippen molar-refractivity contribution in [2.45, 2.75) is 31.4 Å². The van der Waals surface area contributed by atoms with Gasteiger partial charge in [0.25, 0.3) is 0 Å². The van der Waals surface area contributed by atoms with Gasteiger partial charge in [-0.05, 0) is 47.4 Å². The van der Waals surface area contributed by atoms with E-state index in [0.717, 1.165) is 28.7 Å². The highest BCUT2D eigenvalue weighted by Crippen LogP contribution is 2.44. The first kappa shape index (κ1) is 21.1. The molecule has 0 radical (unpaired) electrons. The number of esters is 1. The molecule has 0 saturated heterocycles. The number of benzene rings is 3. The van der Waals surface area contributed by atoms with Crippen molar-refractivity contribution in [3.63, 3.8) is 0 Å². The molecule has 2 atom stereocenters. The minimum atomic E-state index is -1.25. The van der Waals surface area contributed by atoms with Crippen molar-refractivity contribution in [2.24, 2.45) is 4.99 Å². The van der Waals surface area contributed by atoms with E-state index in [1.54, 1.807) is 0 Å². The summed E-state index contributed by atoms with van der Waals surface area (Å²) in [5.41, 5.74) is 2.45. The first-order valence-corrected chi connectivity index (χ1v) is 10.7. The normalized spacial score (nSPS) is 20.1. The van der Waals surface area contributed by atoms with Crippen LogP contribution in [-0.4, -0.2) is 24.5 Å². The first-order valence-electron chi connectivity index (χ1n) is 10.3. The van der Waals surface area contributed by atoms with Gasteiger partial charge in [-0.15, -0.1) is 0 Å². The van der Waals surface area contributed by atoms with Gasteiger partial charge in [-0.3, -0.25) is 0 Å². The Morgan fingerprint density at radius 2 is 1.74 bits per heavy atom. The predicted molar refractivity (Wildman–Crippen MR) is 123 cm³/mol. The average Bonchev–Trinajstić information content (AvgIpc) is 3.19. The summed E-state index contributed by atoms with van der Waals surface area (Å²) in [5.74, 6) is 0.00761. The number of aryl methyl sites for hydroxylation is 1. The fourth-order valence-electron chi connectivity index (χ4n) is 4.09. The van der Waals surface area contributed by atoms with Crippen LogP contribution in [0, 0.1) is 0 Å². The Bertz CT molecular complexity index is 1100. The largest absolute Gasteiger partial charge is 0.467 e. The molecule has 0 amide bonds. The van der Waals surface area contributed by atoms with Gasteiger partial charge in [0.15, 0.2) is 6.10 Å². The number of carbonyl (C=O) groups excluding carboxylic acids is 1. The molecule has 3 aromatic carbocycles. The number of aliphatic imine (C=N–C) groups is 1. The zero-order chi connectivity index (χ0) is 21.8. The number of hydrogen-bond donors (Lipinski definition) is 0. The topological polar surface area (TPSA) is 47.9 Å². The van der Waals surface area contributed by atoms with Crippen LogP contribution in [-0.2, 0) is 27.1 Å². The number of halogens is 1. The van der Waals surface area contributed by atoms with Gasteiger partial charge in [0, 0.05) is 17.0 Å². The molecule has 1 heterocycles. The number of ether oxygens (including phenoxy) is 2. The molecular formula is C26H24ClNO3. The van der Waals surface area contributed by atoms with E-state index in [-0.39, 0.29) is 0 Å². The lowest BCUT2D eigenvalue weighted by atomic mass is 9.81. The number of hydrogen-bond acceptors (Lipinski definition) is 4. The third kappa shape index (κ3) is 4.08. The molecule has 0 aromatic heterocycles. The third-order valence-electron chi connectivity index (χ3n) is 5.61. The van der Waals surface area contributed by atoms with E-state index in [9.17, 15) is 4.79 Å². The summed E-state index contributed by atoms with van der Waals surface area (Å²) >= 11 is 6.26. The predicted octanol–water partition coefficient (Wildman–Crippen LogP) is 5.58. The van der Waals surface area contributed by atoms with Crippen LogP contribution in [0.25, 0.3) is 0 Å². The van der Waals surface area contributed by atoms with Gasteiger partial charge in [-0.25, -0.2) is 9.79 Å². The molecule has 31 heavy (non-hydrogen) atoms. The molecule has 0 spiro atoms. The maximum atomic E-state index is 13.3. The SMILES string of the molecule is CCc1cc(Cl)ccc1[C@@H]1OC(c2ccccc2)=N[C@@]1(Cc1ccccc1)C(=O)OC. The fraction of sp³-hybridized carbons (Fsp3) is 0.231. The van der Waals surface area contributed by atoms with E-state index in [0.29, 0.717) is 17.3 Å². The monoisotopic (exact) mass is 433 g/mol. The van der Waals surface area contributed by atoms with Gasteiger partial charge >= 0.3 is 5.97 Å². The molecule has 5 heteroatoms. The summed E-state index contributed by atoms with van der Waals surface area (Å²) < 4.78 is 11.7. The van der Waals surface area contributed by atoms with Gasteiger partial charge in [-0.2, -0.15) is 0 Å². The number of carbonyl (C=O) groups is 1. The van der Waals surface area contributed by atoms with E-state index in [2.05, 4.69) is 6.92 Å². The Morgan fingerprint density at radius 3 is 2.39 bits per heavy atom. The van der Waals surface area contributed by atoms with E-state index < -0.39 is 17.6 Å². The van der Waals surface area contributed by atoms with E-state index in [1.807, 2.05) is 78.9 Å². The lowest BCUT2D eigenvalue weighted by Crippen LogP contribution is -2.44. The Kier molecular flexibility index (Phi) is 6.10. The minimum absolute atomic E-state index is 0.354. The molecule has 3 aromatic rings. The summed E-state index contributed by atoms with van der Waals surface area (Å²) in [4.78, 5) is 18.2. The first-order chi connectivity index (χ1) is 15.1. The second-order valence-electron chi connectivity index (χ2n) is 7.56. The van der Waals surface area contributed by atoms with Crippen LogP contribution in [0.2, 0.25) is 5.02 Å². The summed E-state index contributed by atoms with van der Waals surface area (Å²) in [6, 6.07) is 25.1. The Morgan fingerprint density at radius 1 is 1.06 bits per heavy atom. The molecule has 0 N–H and O–H groups in total. The van der Waals surface area contributed by atoms with Crippen molar-refractivity contribution in [3.05, 3.63) is 106 Å². The van der Waals surface area contributed by atoms with Crippen molar-refractivity contribution < 1.29 is 14.3 Å². The Labute approximate surface area is 187 Å². The van der Waals surface area contributed by atoms with Gasteiger partial charge in [0.1, 0.15) is 0 Å². The number of nitrogens with zero attached hydrogens (tertiary/aromatic N) is 1. The summed E-state index contributed by atoms with van der Waals surface area (Å²) in [7, 11) is 1.39. The van der Waals surface area contributed by atoms with E-state index in [1.165, 1.54) is 7.11 Å². The van der Waals surface area contributed by atoms with Crippen molar-refractivity contribution in [2.75, 3.05) is 7.11 Å². The highest BCUT2D eigenvalue weighted by molar-refractivity contribution is 6.30. The van der Waals surface area contributed by atoms with Crippen LogP contribution in [0.4, 0.5) is 0 Å². The number of rotatable bonds is 6. The van der Waals surface area contributed by atoms with Crippen LogP contribution >= 0.6 is 11.6 Å². The van der Waals surface area contributed by atoms with E-state index >= 15 is 0 Å². The van der Waals surface area contributed by atoms with Crippen molar-refractivity contribution in [1.29, 1.82) is 0 Å². The lowest BCUT2D eigenvalue weighted by Gasteiger charge is -2.30. The average molecular weight is 434 g/mol. The minimum Gasteiger partial charge on any atom is -0.467 e. The van der Waals surface area contributed by atoms with Crippen molar-refractivity contribution in [1.82, 2.24) is 0 Å². The molecule has 4 nitrogen and oxygen atoms in total. The van der Waals surface area contributed by atoms with Gasteiger partial charge < -0.3 is 9.47 Å². The van der Waals surface area contributed by atoms with Crippen LogP contribution in [0.5, 0.6) is 0 Å². The lowest BCUT2D eigenvalue weighted by molar-refractivity contribution is -0.150. The standard InChI is InChI=1S/C26H24ClNO3/c1-3-19-16-21(27)14-15-22(19)23-26(25(29)30-2,17-18-10-6-4-7-11-18)28-24(31-23)20-12-8-5-9-13-20/h4-16,23H,3,17H2,1-2H3/t23-,26+/m0/s1. The Hall–Kier alpha value is -3.11. The van der Waals surface area contributed by atoms with Crippen LogP contribution in [0.3, 0.4) is 0 Å². The number of methoxy groups -OCH3 is 1. The second kappa shape index (κ2) is 8.94. The molecule has 4 rings (SSSR count). The molecule has 0 bridgehead atoms. The quantitative estimate of drug-likeness (QED) is 0.477. The zero-order valence-electron chi connectivity index (χ0n) is 17.5. The summed E-state index contributed by atoms with van der Waals surface area (Å²) in [6.45, 7) is 2.06. The fourth-order valence-corrected chi connectivity index (χ4v) is 4.28. The molecule has 0 fully saturated rings.